The van der Waals surface area contributed by atoms with Crippen LogP contribution in [-0.2, 0) is 23.7 Å². The minimum absolute atomic E-state index is 0.295. The average molecular weight is 260 g/mol. The van der Waals surface area contributed by atoms with Gasteiger partial charge in [-0.25, -0.2) is 0 Å². The van der Waals surface area contributed by atoms with Gasteiger partial charge in [-0.1, -0.05) is 0 Å². The monoisotopic (exact) mass is 260 g/mol. The Balaban J connectivity index is 1.68. The van der Waals surface area contributed by atoms with Gasteiger partial charge >= 0.3 is 0 Å². The van der Waals surface area contributed by atoms with Crippen LogP contribution in [0.15, 0.2) is 0 Å². The summed E-state index contributed by atoms with van der Waals surface area (Å²) in [4.78, 5) is 0. The molecule has 3 aliphatic heterocycles. The van der Waals surface area contributed by atoms with Crippen LogP contribution in [0.4, 0.5) is 0 Å². The smallest absolute Gasteiger partial charge is 0.190 e. The van der Waals surface area contributed by atoms with E-state index >= 15 is 0 Å². The van der Waals surface area contributed by atoms with Crippen molar-refractivity contribution in [2.45, 2.75) is 70.0 Å². The fourth-order valence-electron chi connectivity index (χ4n) is 2.70. The van der Waals surface area contributed by atoms with Crippen LogP contribution in [0, 0.1) is 0 Å². The first kappa shape index (κ1) is 12.8. The molecule has 18 heavy (non-hydrogen) atoms. The third-order valence-electron chi connectivity index (χ3n) is 3.45. The van der Waals surface area contributed by atoms with Crippen LogP contribution in [0.1, 0.15) is 27.7 Å². The number of aliphatic hydroxyl groups is 1. The highest BCUT2D eigenvalue weighted by Crippen LogP contribution is 2.40. The summed E-state index contributed by atoms with van der Waals surface area (Å²) in [6, 6.07) is 0. The molecule has 6 nitrogen and oxygen atoms in total. The van der Waals surface area contributed by atoms with Crippen molar-refractivity contribution in [3.05, 3.63) is 0 Å². The second-order valence-electron chi connectivity index (χ2n) is 5.93. The van der Waals surface area contributed by atoms with Crippen molar-refractivity contribution in [2.75, 3.05) is 6.61 Å². The molecule has 5 atom stereocenters. The van der Waals surface area contributed by atoms with Gasteiger partial charge in [-0.15, -0.1) is 0 Å². The first-order chi connectivity index (χ1) is 8.27. The second-order valence-corrected chi connectivity index (χ2v) is 5.93. The number of ether oxygens (including phenoxy) is 5. The molecule has 0 unspecified atom stereocenters. The molecule has 6 heteroatoms. The number of aliphatic hydroxyl groups excluding tert-OH is 1. The third kappa shape index (κ3) is 2.07. The van der Waals surface area contributed by atoms with Crippen molar-refractivity contribution < 1.29 is 28.8 Å². The van der Waals surface area contributed by atoms with Gasteiger partial charge in [0.05, 0.1) is 6.61 Å². The Morgan fingerprint density at radius 3 is 2.22 bits per heavy atom. The molecule has 0 bridgehead atoms. The van der Waals surface area contributed by atoms with E-state index in [-0.39, 0.29) is 6.10 Å². The maximum atomic E-state index is 10.3. The molecule has 0 spiro atoms. The number of hydrogen-bond acceptors (Lipinski definition) is 6. The first-order valence-electron chi connectivity index (χ1n) is 6.28. The van der Waals surface area contributed by atoms with Crippen LogP contribution in [0.2, 0.25) is 0 Å². The molecular formula is C12H20O6. The van der Waals surface area contributed by atoms with Crippen LogP contribution in [0.25, 0.3) is 0 Å². The van der Waals surface area contributed by atoms with Gasteiger partial charge in [0.25, 0.3) is 0 Å². The maximum absolute atomic E-state index is 10.3. The first-order valence-corrected chi connectivity index (χ1v) is 6.28. The zero-order valence-corrected chi connectivity index (χ0v) is 11.1. The van der Waals surface area contributed by atoms with E-state index in [1.807, 2.05) is 13.8 Å². The van der Waals surface area contributed by atoms with Crippen LogP contribution in [0.5, 0.6) is 0 Å². The zero-order valence-electron chi connectivity index (χ0n) is 11.1. The van der Waals surface area contributed by atoms with Crippen molar-refractivity contribution in [3.8, 4) is 0 Å². The molecule has 3 saturated heterocycles. The maximum Gasteiger partial charge on any atom is 0.190 e. The molecule has 0 aromatic heterocycles. The molecule has 0 aliphatic carbocycles. The Kier molecular flexibility index (Phi) is 2.75. The van der Waals surface area contributed by atoms with Crippen LogP contribution < -0.4 is 0 Å². The van der Waals surface area contributed by atoms with Gasteiger partial charge in [0, 0.05) is 0 Å². The summed E-state index contributed by atoms with van der Waals surface area (Å²) in [5.41, 5.74) is 0. The predicted octanol–water partition coefficient (Wildman–Crippen LogP) is 0.375. The van der Waals surface area contributed by atoms with E-state index in [4.69, 9.17) is 23.7 Å². The lowest BCUT2D eigenvalue weighted by molar-refractivity contribution is -0.232. The SMILES string of the molecule is CC1(C)O[C@H]2O[C@@H]([C@H]3COC(C)(C)O3)[C@@H](O)[C@@H]2O1. The predicted molar refractivity (Wildman–Crippen MR) is 59.6 cm³/mol. The summed E-state index contributed by atoms with van der Waals surface area (Å²) < 4.78 is 28.1. The van der Waals surface area contributed by atoms with Gasteiger partial charge in [0.15, 0.2) is 17.9 Å². The second kappa shape index (κ2) is 3.88. The molecule has 0 amide bonds. The van der Waals surface area contributed by atoms with Gasteiger partial charge in [-0.3, -0.25) is 0 Å². The summed E-state index contributed by atoms with van der Waals surface area (Å²) in [5.74, 6) is -1.35. The Bertz CT molecular complexity index is 341. The van der Waals surface area contributed by atoms with Gasteiger partial charge in [-0.2, -0.15) is 0 Å². The van der Waals surface area contributed by atoms with Gasteiger partial charge in [0.1, 0.15) is 24.4 Å². The molecule has 0 aromatic carbocycles. The van der Waals surface area contributed by atoms with Gasteiger partial charge in [0.2, 0.25) is 0 Å². The lowest BCUT2D eigenvalue weighted by Gasteiger charge is -2.26. The lowest BCUT2D eigenvalue weighted by atomic mass is 10.1. The number of fused-ring (bicyclic) bond motifs is 1. The molecule has 3 aliphatic rings. The highest BCUT2D eigenvalue weighted by atomic mass is 16.8. The minimum Gasteiger partial charge on any atom is -0.387 e. The van der Waals surface area contributed by atoms with Crippen molar-refractivity contribution in [2.24, 2.45) is 0 Å². The van der Waals surface area contributed by atoms with E-state index in [2.05, 4.69) is 0 Å². The van der Waals surface area contributed by atoms with Crippen molar-refractivity contribution >= 4 is 0 Å². The van der Waals surface area contributed by atoms with E-state index in [1.54, 1.807) is 13.8 Å². The summed E-state index contributed by atoms with van der Waals surface area (Å²) in [6.07, 6.45) is -2.53. The summed E-state index contributed by atoms with van der Waals surface area (Å²) >= 11 is 0. The highest BCUT2D eigenvalue weighted by Gasteiger charge is 2.57. The summed E-state index contributed by atoms with van der Waals surface area (Å²) in [6.45, 7) is 7.68. The topological polar surface area (TPSA) is 66.4 Å². The normalized spacial score (nSPS) is 49.5. The Morgan fingerprint density at radius 2 is 1.67 bits per heavy atom. The molecular weight excluding hydrogens is 240 g/mol. The van der Waals surface area contributed by atoms with Gasteiger partial charge in [-0.05, 0) is 27.7 Å². The Morgan fingerprint density at radius 1 is 0.944 bits per heavy atom. The third-order valence-corrected chi connectivity index (χ3v) is 3.45. The number of rotatable bonds is 1. The van der Waals surface area contributed by atoms with Crippen molar-refractivity contribution in [3.63, 3.8) is 0 Å². The van der Waals surface area contributed by atoms with Crippen molar-refractivity contribution in [1.29, 1.82) is 0 Å². The van der Waals surface area contributed by atoms with Crippen LogP contribution in [-0.4, -0.2) is 54.0 Å². The molecule has 0 radical (unpaired) electrons. The van der Waals surface area contributed by atoms with Crippen LogP contribution >= 0.6 is 0 Å². The standard InChI is InChI=1S/C12H20O6/c1-11(2)14-5-6(16-11)8-7(13)9-10(15-8)18-12(3,4)17-9/h6-10,13H,5H2,1-4H3/t6-,7-,8+,9+,10-/m1/s1. The van der Waals surface area contributed by atoms with Crippen molar-refractivity contribution in [1.82, 2.24) is 0 Å². The Labute approximate surface area is 106 Å². The largest absolute Gasteiger partial charge is 0.387 e. The van der Waals surface area contributed by atoms with E-state index in [0.29, 0.717) is 6.61 Å². The van der Waals surface area contributed by atoms with E-state index in [9.17, 15) is 5.11 Å². The molecule has 0 saturated carbocycles. The minimum atomic E-state index is -0.765. The molecule has 3 fully saturated rings. The zero-order chi connectivity index (χ0) is 13.1. The highest BCUT2D eigenvalue weighted by molar-refractivity contribution is 4.97. The average Bonchev–Trinajstić information content (AvgIpc) is 2.81. The molecule has 3 rings (SSSR count). The molecule has 1 N–H and O–H groups in total. The fraction of sp³-hybridized carbons (Fsp3) is 1.00. The molecule has 0 aromatic rings. The molecule has 3 heterocycles. The van der Waals surface area contributed by atoms with E-state index in [1.165, 1.54) is 0 Å². The van der Waals surface area contributed by atoms with E-state index in [0.717, 1.165) is 0 Å². The summed E-state index contributed by atoms with van der Waals surface area (Å²) in [5, 5.41) is 10.3. The number of hydrogen-bond donors (Lipinski definition) is 1. The molecule has 104 valence electrons. The van der Waals surface area contributed by atoms with Crippen LogP contribution in [0.3, 0.4) is 0 Å². The fourth-order valence-corrected chi connectivity index (χ4v) is 2.70. The lowest BCUT2D eigenvalue weighted by Crippen LogP contribution is -2.42. The quantitative estimate of drug-likeness (QED) is 0.735. The van der Waals surface area contributed by atoms with Gasteiger partial charge < -0.3 is 28.8 Å². The van der Waals surface area contributed by atoms with E-state index < -0.39 is 36.2 Å². The summed E-state index contributed by atoms with van der Waals surface area (Å²) in [7, 11) is 0. The Hall–Kier alpha value is -0.240.